The summed E-state index contributed by atoms with van der Waals surface area (Å²) in [5, 5.41) is 3.35. The Morgan fingerprint density at radius 2 is 1.67 bits per heavy atom. The van der Waals surface area contributed by atoms with Crippen LogP contribution in [0.3, 0.4) is 0 Å². The van der Waals surface area contributed by atoms with Crippen molar-refractivity contribution in [1.82, 2.24) is 9.55 Å². The molecule has 7 heteroatoms. The van der Waals surface area contributed by atoms with Crippen molar-refractivity contribution in [2.24, 2.45) is 0 Å². The highest BCUT2D eigenvalue weighted by atomic mass is 35.5. The summed E-state index contributed by atoms with van der Waals surface area (Å²) in [5.74, 6) is -0.269. The first-order chi connectivity index (χ1) is 13.0. The number of hydrogen-bond donors (Lipinski definition) is 2. The van der Waals surface area contributed by atoms with Crippen LogP contribution in [0, 0.1) is 0 Å². The number of nitrogen functional groups attached to an aromatic ring is 1. The van der Waals surface area contributed by atoms with Gasteiger partial charge < -0.3 is 11.1 Å². The summed E-state index contributed by atoms with van der Waals surface area (Å²) in [5.41, 5.74) is 9.81. The standard InChI is InChI=1S/C20H14Cl2N4O/c21-15-9-13(10-16(22)19(15)23)25-20(27)12-5-7-14(8-6-12)26-11-24-17-3-1-2-4-18(17)26/h1-11H,23H2,(H,25,27). The Morgan fingerprint density at radius 1 is 1.00 bits per heavy atom. The number of nitrogens with two attached hydrogens (primary N) is 1. The molecule has 0 spiro atoms. The zero-order chi connectivity index (χ0) is 19.0. The van der Waals surface area contributed by atoms with Gasteiger partial charge in [-0.25, -0.2) is 4.98 Å². The van der Waals surface area contributed by atoms with E-state index < -0.39 is 0 Å². The second-order valence-corrected chi connectivity index (χ2v) is 6.77. The van der Waals surface area contributed by atoms with E-state index in [1.54, 1.807) is 30.6 Å². The number of carbonyl (C=O) groups is 1. The lowest BCUT2D eigenvalue weighted by Gasteiger charge is -2.09. The fourth-order valence-corrected chi connectivity index (χ4v) is 3.29. The van der Waals surface area contributed by atoms with Crippen LogP contribution in [0.4, 0.5) is 11.4 Å². The van der Waals surface area contributed by atoms with Gasteiger partial charge in [-0.05, 0) is 48.5 Å². The monoisotopic (exact) mass is 396 g/mol. The van der Waals surface area contributed by atoms with Gasteiger partial charge >= 0.3 is 0 Å². The van der Waals surface area contributed by atoms with Gasteiger partial charge in [-0.3, -0.25) is 9.36 Å². The van der Waals surface area contributed by atoms with Crippen LogP contribution in [0.15, 0.2) is 67.0 Å². The van der Waals surface area contributed by atoms with Gasteiger partial charge in [0, 0.05) is 16.9 Å². The summed E-state index contributed by atoms with van der Waals surface area (Å²) in [6, 6.07) is 18.2. The number of hydrogen-bond acceptors (Lipinski definition) is 3. The van der Waals surface area contributed by atoms with Crippen molar-refractivity contribution < 1.29 is 4.79 Å². The number of halogens is 2. The number of aromatic nitrogens is 2. The first-order valence-corrected chi connectivity index (χ1v) is 8.87. The Kier molecular flexibility index (Phi) is 4.48. The summed E-state index contributed by atoms with van der Waals surface area (Å²) in [7, 11) is 0. The molecule has 0 fully saturated rings. The molecule has 0 saturated carbocycles. The number of amides is 1. The summed E-state index contributed by atoms with van der Waals surface area (Å²) in [6.45, 7) is 0. The molecule has 0 radical (unpaired) electrons. The zero-order valence-corrected chi connectivity index (χ0v) is 15.5. The molecular formula is C20H14Cl2N4O. The summed E-state index contributed by atoms with van der Waals surface area (Å²) in [4.78, 5) is 16.9. The average Bonchev–Trinajstić information content (AvgIpc) is 3.10. The number of nitrogens with zero attached hydrogens (tertiary/aromatic N) is 2. The van der Waals surface area contributed by atoms with Gasteiger partial charge in [-0.15, -0.1) is 0 Å². The van der Waals surface area contributed by atoms with Crippen molar-refractivity contribution >= 4 is 51.5 Å². The van der Waals surface area contributed by atoms with E-state index in [4.69, 9.17) is 28.9 Å². The lowest BCUT2D eigenvalue weighted by atomic mass is 10.1. The van der Waals surface area contributed by atoms with E-state index in [2.05, 4.69) is 10.3 Å². The normalized spacial score (nSPS) is 10.9. The van der Waals surface area contributed by atoms with Gasteiger partial charge in [0.1, 0.15) is 6.33 Å². The van der Waals surface area contributed by atoms with Crippen molar-refractivity contribution in [3.63, 3.8) is 0 Å². The van der Waals surface area contributed by atoms with Crippen LogP contribution in [-0.4, -0.2) is 15.5 Å². The van der Waals surface area contributed by atoms with Gasteiger partial charge in [0.15, 0.2) is 0 Å². The molecule has 3 N–H and O–H groups in total. The van der Waals surface area contributed by atoms with E-state index in [9.17, 15) is 4.79 Å². The predicted molar refractivity (Wildman–Crippen MR) is 110 cm³/mol. The van der Waals surface area contributed by atoms with Crippen LogP contribution < -0.4 is 11.1 Å². The third-order valence-corrected chi connectivity index (χ3v) is 4.82. The van der Waals surface area contributed by atoms with Crippen LogP contribution in [0.25, 0.3) is 16.7 Å². The fourth-order valence-electron chi connectivity index (χ4n) is 2.80. The van der Waals surface area contributed by atoms with Gasteiger partial charge in [-0.1, -0.05) is 35.3 Å². The minimum absolute atomic E-state index is 0.269. The second-order valence-electron chi connectivity index (χ2n) is 5.96. The first kappa shape index (κ1) is 17.4. The molecule has 27 heavy (non-hydrogen) atoms. The molecule has 1 aromatic heterocycles. The van der Waals surface area contributed by atoms with Gasteiger partial charge in [0.2, 0.25) is 0 Å². The van der Waals surface area contributed by atoms with E-state index in [0.29, 0.717) is 21.3 Å². The van der Waals surface area contributed by atoms with E-state index in [0.717, 1.165) is 16.7 Å². The molecule has 1 heterocycles. The second kappa shape index (κ2) is 6.95. The number of fused-ring (bicyclic) bond motifs is 1. The highest BCUT2D eigenvalue weighted by Gasteiger charge is 2.11. The molecule has 0 atom stereocenters. The molecule has 0 saturated heterocycles. The molecule has 0 aliphatic rings. The lowest BCUT2D eigenvalue weighted by Crippen LogP contribution is -2.12. The molecule has 0 unspecified atom stereocenters. The third kappa shape index (κ3) is 3.35. The smallest absolute Gasteiger partial charge is 0.255 e. The van der Waals surface area contributed by atoms with Crippen LogP contribution in [0.2, 0.25) is 10.0 Å². The first-order valence-electron chi connectivity index (χ1n) is 8.11. The van der Waals surface area contributed by atoms with E-state index in [1.165, 1.54) is 0 Å². The zero-order valence-electron chi connectivity index (χ0n) is 14.0. The summed E-state index contributed by atoms with van der Waals surface area (Å²) in [6.07, 6.45) is 1.76. The maximum atomic E-state index is 12.5. The number of anilines is 2. The lowest BCUT2D eigenvalue weighted by molar-refractivity contribution is 0.102. The maximum Gasteiger partial charge on any atom is 0.255 e. The van der Waals surface area contributed by atoms with E-state index in [-0.39, 0.29) is 11.6 Å². The highest BCUT2D eigenvalue weighted by molar-refractivity contribution is 6.39. The van der Waals surface area contributed by atoms with Crippen LogP contribution in [0.1, 0.15) is 10.4 Å². The molecule has 4 aromatic rings. The number of carbonyl (C=O) groups excluding carboxylic acids is 1. The Hall–Kier alpha value is -3.02. The fraction of sp³-hybridized carbons (Fsp3) is 0. The van der Waals surface area contributed by atoms with Crippen molar-refractivity contribution in [2.75, 3.05) is 11.1 Å². The molecule has 0 bridgehead atoms. The molecule has 5 nitrogen and oxygen atoms in total. The van der Waals surface area contributed by atoms with Crippen LogP contribution in [0.5, 0.6) is 0 Å². The highest BCUT2D eigenvalue weighted by Crippen LogP contribution is 2.31. The molecule has 3 aromatic carbocycles. The molecule has 4 rings (SSSR count). The number of para-hydroxylation sites is 2. The topological polar surface area (TPSA) is 72.9 Å². The Balaban J connectivity index is 1.58. The Bertz CT molecular complexity index is 1130. The number of nitrogens with one attached hydrogen (secondary N) is 1. The number of benzene rings is 3. The average molecular weight is 397 g/mol. The third-order valence-electron chi connectivity index (χ3n) is 4.20. The predicted octanol–water partition coefficient (Wildman–Crippen LogP) is 5.17. The van der Waals surface area contributed by atoms with Crippen molar-refractivity contribution in [2.45, 2.75) is 0 Å². The molecule has 1 amide bonds. The summed E-state index contributed by atoms with van der Waals surface area (Å²) < 4.78 is 1.97. The van der Waals surface area contributed by atoms with Gasteiger partial charge in [0.05, 0.1) is 26.8 Å². The number of imidazole rings is 1. The largest absolute Gasteiger partial charge is 0.396 e. The molecular weight excluding hydrogens is 383 g/mol. The van der Waals surface area contributed by atoms with Gasteiger partial charge in [0.25, 0.3) is 5.91 Å². The molecule has 134 valence electrons. The quantitative estimate of drug-likeness (QED) is 0.469. The van der Waals surface area contributed by atoms with E-state index >= 15 is 0 Å². The molecule has 0 aliphatic carbocycles. The molecule has 0 aliphatic heterocycles. The Labute approximate surface area is 165 Å². The van der Waals surface area contributed by atoms with Gasteiger partial charge in [-0.2, -0.15) is 0 Å². The van der Waals surface area contributed by atoms with Crippen molar-refractivity contribution in [3.05, 3.63) is 82.6 Å². The van der Waals surface area contributed by atoms with Crippen LogP contribution >= 0.6 is 23.2 Å². The Morgan fingerprint density at radius 3 is 2.37 bits per heavy atom. The van der Waals surface area contributed by atoms with Crippen molar-refractivity contribution in [1.29, 1.82) is 0 Å². The maximum absolute atomic E-state index is 12.5. The minimum atomic E-state index is -0.269. The SMILES string of the molecule is Nc1c(Cl)cc(NC(=O)c2ccc(-n3cnc4ccccc43)cc2)cc1Cl. The van der Waals surface area contributed by atoms with Crippen molar-refractivity contribution in [3.8, 4) is 5.69 Å². The summed E-state index contributed by atoms with van der Waals surface area (Å²) >= 11 is 12.0. The number of rotatable bonds is 3. The van der Waals surface area contributed by atoms with Crippen LogP contribution in [-0.2, 0) is 0 Å². The minimum Gasteiger partial charge on any atom is -0.396 e. The van der Waals surface area contributed by atoms with E-state index in [1.807, 2.05) is 41.0 Å².